The number of ether oxygens (including phenoxy) is 4. The molecule has 37 heavy (non-hydrogen) atoms. The van der Waals surface area contributed by atoms with Crippen molar-refractivity contribution in [3.05, 3.63) is 53.6 Å². The molecule has 1 heterocycles. The fraction of sp³-hybridized carbons (Fsp3) is 0.414. The Balaban J connectivity index is 1.95. The maximum absolute atomic E-state index is 13.3. The van der Waals surface area contributed by atoms with E-state index in [0.717, 1.165) is 16.9 Å². The number of nitrogens with zero attached hydrogens (tertiary/aromatic N) is 1. The number of amides is 1. The van der Waals surface area contributed by atoms with Gasteiger partial charge in [0.1, 0.15) is 30.3 Å². The van der Waals surface area contributed by atoms with Crippen LogP contribution in [0.25, 0.3) is 17.2 Å². The van der Waals surface area contributed by atoms with Crippen LogP contribution in [0.3, 0.4) is 0 Å². The minimum absolute atomic E-state index is 0.00594. The highest BCUT2D eigenvalue weighted by Gasteiger charge is 2.38. The lowest BCUT2D eigenvalue weighted by Gasteiger charge is -2.32. The zero-order valence-electron chi connectivity index (χ0n) is 22.3. The Labute approximate surface area is 218 Å². The summed E-state index contributed by atoms with van der Waals surface area (Å²) in [5.74, 6) is 0.0935. The first-order valence-electron chi connectivity index (χ1n) is 12.3. The monoisotopic (exact) mass is 509 g/mol. The van der Waals surface area contributed by atoms with Gasteiger partial charge >= 0.3 is 12.1 Å². The molecule has 8 heteroatoms. The molecule has 198 valence electrons. The van der Waals surface area contributed by atoms with E-state index >= 15 is 0 Å². The Bertz CT molecular complexity index is 1150. The molecule has 1 atom stereocenters. The third-order valence-electron chi connectivity index (χ3n) is 5.57. The maximum Gasteiger partial charge on any atom is 0.415 e. The summed E-state index contributed by atoms with van der Waals surface area (Å²) in [5, 5.41) is 0. The van der Waals surface area contributed by atoms with Gasteiger partial charge in [-0.25, -0.2) is 9.59 Å². The van der Waals surface area contributed by atoms with E-state index in [1.54, 1.807) is 32.9 Å². The van der Waals surface area contributed by atoms with Gasteiger partial charge in [-0.1, -0.05) is 18.2 Å². The molecule has 3 rings (SSSR count). The lowest BCUT2D eigenvalue weighted by Crippen LogP contribution is -2.48. The standard InChI is InChI=1S/C29H35NO7/c1-19(2)35-13-14-36-24-10-7-21(8-11-24)22-9-12-25-23(17-22)15-20(18-31)16-26(27(32)34-6)30(25)28(33)37-29(3,4)5/h7-12,15,17-19,26H,13-14,16H2,1-6H3. The molecule has 0 aliphatic carbocycles. The van der Waals surface area contributed by atoms with E-state index in [4.69, 9.17) is 18.9 Å². The number of benzene rings is 2. The number of aldehydes is 1. The van der Waals surface area contributed by atoms with Crippen molar-refractivity contribution in [2.45, 2.75) is 58.8 Å². The lowest BCUT2D eigenvalue weighted by atomic mass is 10.0. The largest absolute Gasteiger partial charge is 0.491 e. The SMILES string of the molecule is COC(=O)C1CC(C=O)=Cc2cc(-c3ccc(OCCOC(C)C)cc3)ccc2N1C(=O)OC(C)(C)C. The van der Waals surface area contributed by atoms with E-state index in [9.17, 15) is 14.4 Å². The summed E-state index contributed by atoms with van der Waals surface area (Å²) in [4.78, 5) is 39.1. The molecule has 0 bridgehead atoms. The van der Waals surface area contributed by atoms with Crippen LogP contribution in [0.1, 0.15) is 46.6 Å². The van der Waals surface area contributed by atoms with Crippen LogP contribution in [0, 0.1) is 0 Å². The highest BCUT2D eigenvalue weighted by molar-refractivity contribution is 6.01. The van der Waals surface area contributed by atoms with E-state index < -0.39 is 23.7 Å². The van der Waals surface area contributed by atoms with E-state index in [-0.39, 0.29) is 12.5 Å². The second kappa shape index (κ2) is 12.1. The van der Waals surface area contributed by atoms with Gasteiger partial charge in [0.05, 0.1) is 25.5 Å². The Morgan fingerprint density at radius 3 is 2.32 bits per heavy atom. The van der Waals surface area contributed by atoms with Crippen LogP contribution < -0.4 is 9.64 Å². The van der Waals surface area contributed by atoms with Crippen molar-refractivity contribution in [2.24, 2.45) is 0 Å². The smallest absolute Gasteiger partial charge is 0.415 e. The van der Waals surface area contributed by atoms with Crippen molar-refractivity contribution in [3.63, 3.8) is 0 Å². The van der Waals surface area contributed by atoms with Crippen molar-refractivity contribution >= 4 is 30.1 Å². The van der Waals surface area contributed by atoms with Crippen LogP contribution in [-0.4, -0.2) is 56.4 Å². The van der Waals surface area contributed by atoms with Crippen LogP contribution in [-0.2, 0) is 23.8 Å². The van der Waals surface area contributed by atoms with E-state index in [1.807, 2.05) is 50.2 Å². The van der Waals surface area contributed by atoms with Crippen molar-refractivity contribution in [3.8, 4) is 16.9 Å². The maximum atomic E-state index is 13.3. The number of methoxy groups -OCH3 is 1. The first kappa shape index (κ1) is 27.9. The van der Waals surface area contributed by atoms with Gasteiger partial charge in [-0.2, -0.15) is 0 Å². The summed E-state index contributed by atoms with van der Waals surface area (Å²) in [6, 6.07) is 12.1. The van der Waals surface area contributed by atoms with Crippen LogP contribution in [0.15, 0.2) is 48.0 Å². The molecule has 0 saturated heterocycles. The van der Waals surface area contributed by atoms with Gasteiger partial charge in [-0.3, -0.25) is 9.69 Å². The molecule has 1 aliphatic heterocycles. The topological polar surface area (TPSA) is 91.4 Å². The molecule has 0 fully saturated rings. The first-order chi connectivity index (χ1) is 17.5. The zero-order chi connectivity index (χ0) is 27.2. The van der Waals surface area contributed by atoms with Crippen molar-refractivity contribution in [1.82, 2.24) is 0 Å². The van der Waals surface area contributed by atoms with Gasteiger partial charge in [0.15, 0.2) is 0 Å². The molecule has 0 spiro atoms. The number of rotatable bonds is 8. The third-order valence-corrected chi connectivity index (χ3v) is 5.57. The number of carbonyl (C=O) groups is 3. The van der Waals surface area contributed by atoms with Crippen molar-refractivity contribution in [1.29, 1.82) is 0 Å². The number of hydrogen-bond donors (Lipinski definition) is 0. The molecular weight excluding hydrogens is 474 g/mol. The number of anilines is 1. The molecule has 1 unspecified atom stereocenters. The van der Waals surface area contributed by atoms with Crippen LogP contribution in [0.4, 0.5) is 10.5 Å². The van der Waals surface area contributed by atoms with E-state index in [0.29, 0.717) is 36.3 Å². The molecule has 1 amide bonds. The number of carbonyl (C=O) groups excluding carboxylic acids is 3. The molecule has 8 nitrogen and oxygen atoms in total. The van der Waals surface area contributed by atoms with Crippen LogP contribution in [0.5, 0.6) is 5.75 Å². The lowest BCUT2D eigenvalue weighted by molar-refractivity contribution is -0.142. The van der Waals surface area contributed by atoms with Crippen molar-refractivity contribution < 1.29 is 33.3 Å². The third kappa shape index (κ3) is 7.43. The Morgan fingerprint density at radius 1 is 1.05 bits per heavy atom. The van der Waals surface area contributed by atoms with Crippen LogP contribution in [0.2, 0.25) is 0 Å². The zero-order valence-corrected chi connectivity index (χ0v) is 22.3. The minimum Gasteiger partial charge on any atom is -0.491 e. The molecule has 0 aromatic heterocycles. The van der Waals surface area contributed by atoms with Crippen molar-refractivity contribution in [2.75, 3.05) is 25.2 Å². The molecule has 0 N–H and O–H groups in total. The molecule has 2 aromatic carbocycles. The number of fused-ring (bicyclic) bond motifs is 1. The average molecular weight is 510 g/mol. The summed E-state index contributed by atoms with van der Waals surface area (Å²) in [6.07, 6.45) is 1.85. The summed E-state index contributed by atoms with van der Waals surface area (Å²) in [6.45, 7) is 10.2. The summed E-state index contributed by atoms with van der Waals surface area (Å²) >= 11 is 0. The van der Waals surface area contributed by atoms with Gasteiger partial charge in [-0.05, 0) is 87.2 Å². The fourth-order valence-corrected chi connectivity index (χ4v) is 3.94. The Morgan fingerprint density at radius 2 is 1.73 bits per heavy atom. The predicted molar refractivity (Wildman–Crippen MR) is 142 cm³/mol. The second-order valence-electron chi connectivity index (χ2n) is 10.00. The molecule has 0 radical (unpaired) electrons. The van der Waals surface area contributed by atoms with E-state index in [1.165, 1.54) is 12.0 Å². The normalized spacial score (nSPS) is 15.4. The first-order valence-corrected chi connectivity index (χ1v) is 12.3. The molecule has 0 saturated carbocycles. The van der Waals surface area contributed by atoms with Gasteiger partial charge in [0, 0.05) is 6.42 Å². The number of esters is 1. The quantitative estimate of drug-likeness (QED) is 0.266. The number of hydrogen-bond acceptors (Lipinski definition) is 7. The highest BCUT2D eigenvalue weighted by atomic mass is 16.6. The van der Waals surface area contributed by atoms with Gasteiger partial charge in [-0.15, -0.1) is 0 Å². The van der Waals surface area contributed by atoms with Gasteiger partial charge < -0.3 is 18.9 Å². The minimum atomic E-state index is -1.04. The summed E-state index contributed by atoms with van der Waals surface area (Å²) < 4.78 is 21.8. The Kier molecular flexibility index (Phi) is 9.10. The van der Waals surface area contributed by atoms with E-state index in [2.05, 4.69) is 0 Å². The fourth-order valence-electron chi connectivity index (χ4n) is 3.94. The van der Waals surface area contributed by atoms with Crippen LogP contribution >= 0.6 is 0 Å². The Hall–Kier alpha value is -3.65. The second-order valence-corrected chi connectivity index (χ2v) is 10.00. The molecule has 2 aromatic rings. The summed E-state index contributed by atoms with van der Waals surface area (Å²) in [7, 11) is 1.25. The molecule has 1 aliphatic rings. The predicted octanol–water partition coefficient (Wildman–Crippen LogP) is 5.43. The average Bonchev–Trinajstić information content (AvgIpc) is 3.01. The van der Waals surface area contributed by atoms with Gasteiger partial charge in [0.25, 0.3) is 0 Å². The highest BCUT2D eigenvalue weighted by Crippen LogP contribution is 2.36. The molecular formula is C29H35NO7. The summed E-state index contributed by atoms with van der Waals surface area (Å²) in [5.41, 5.74) is 2.45. The van der Waals surface area contributed by atoms with Gasteiger partial charge in [0.2, 0.25) is 0 Å².